The van der Waals surface area contributed by atoms with Gasteiger partial charge in [0.25, 0.3) is 0 Å². The number of imide groups is 1. The van der Waals surface area contributed by atoms with Crippen LogP contribution in [0.4, 0.5) is 41.2 Å². The number of ether oxygens (including phenoxy) is 1. The largest absolute Gasteiger partial charge is 0.449 e. The van der Waals surface area contributed by atoms with Crippen LogP contribution >= 0.6 is 0 Å². The van der Waals surface area contributed by atoms with E-state index in [-0.39, 0.29) is 37.2 Å². The van der Waals surface area contributed by atoms with E-state index >= 15 is 0 Å². The topological polar surface area (TPSA) is 79.8 Å². The van der Waals surface area contributed by atoms with Crippen molar-refractivity contribution >= 4 is 23.6 Å². The molecule has 0 aliphatic carbocycles. The van der Waals surface area contributed by atoms with Crippen LogP contribution in [0.3, 0.4) is 0 Å². The van der Waals surface area contributed by atoms with Gasteiger partial charge in [0.2, 0.25) is 11.8 Å². The van der Waals surface area contributed by atoms with Gasteiger partial charge in [0, 0.05) is 37.2 Å². The number of carbonyl (C=O) groups is 3. The van der Waals surface area contributed by atoms with Crippen LogP contribution in [0.1, 0.15) is 68.0 Å². The number of aromatic nitrogens is 1. The average molecular weight is 682 g/mol. The van der Waals surface area contributed by atoms with E-state index in [9.17, 15) is 45.1 Å². The molecule has 1 aromatic heterocycles. The van der Waals surface area contributed by atoms with Crippen molar-refractivity contribution in [1.82, 2.24) is 9.88 Å². The molecule has 1 aliphatic heterocycles. The number of likely N-dealkylation sites (tertiary alicyclic amines) is 1. The number of alkyl halides is 6. The van der Waals surface area contributed by atoms with E-state index in [0.29, 0.717) is 34.5 Å². The lowest BCUT2D eigenvalue weighted by molar-refractivity contribution is -0.143. The van der Waals surface area contributed by atoms with Crippen molar-refractivity contribution in [2.45, 2.75) is 64.7 Å². The minimum absolute atomic E-state index is 0.00918. The lowest BCUT2D eigenvalue weighted by Gasteiger charge is -2.32. The number of benzene rings is 2. The molecule has 14 heteroatoms. The van der Waals surface area contributed by atoms with E-state index in [4.69, 9.17) is 4.74 Å². The summed E-state index contributed by atoms with van der Waals surface area (Å²) in [6.45, 7) is 7.79. The maximum Gasteiger partial charge on any atom is 0.416 e. The number of likely N-dealkylation sites (N-methyl/N-ethyl adjacent to an activating group) is 1. The summed E-state index contributed by atoms with van der Waals surface area (Å²) in [6, 6.07) is 6.48. The van der Waals surface area contributed by atoms with Crippen LogP contribution in [-0.2, 0) is 32.1 Å². The first-order valence-electron chi connectivity index (χ1n) is 14.9. The van der Waals surface area contributed by atoms with Gasteiger partial charge in [0.15, 0.2) is 0 Å². The molecule has 1 aliphatic rings. The molecule has 1 atom stereocenters. The van der Waals surface area contributed by atoms with E-state index in [0.717, 1.165) is 9.80 Å². The quantitative estimate of drug-likeness (QED) is 0.235. The predicted molar refractivity (Wildman–Crippen MR) is 163 cm³/mol. The van der Waals surface area contributed by atoms with Crippen LogP contribution in [0.25, 0.3) is 11.1 Å². The summed E-state index contributed by atoms with van der Waals surface area (Å²) in [5.41, 5.74) is -3.83. The van der Waals surface area contributed by atoms with Crippen molar-refractivity contribution in [1.29, 1.82) is 0 Å². The van der Waals surface area contributed by atoms with Gasteiger partial charge in [-0.3, -0.25) is 14.6 Å². The highest BCUT2D eigenvalue weighted by Crippen LogP contribution is 2.41. The molecule has 0 saturated carbocycles. The molecule has 4 rings (SSSR count). The monoisotopic (exact) mass is 681 g/mol. The molecular weight excluding hydrogens is 647 g/mol. The molecule has 2 aromatic carbocycles. The van der Waals surface area contributed by atoms with Gasteiger partial charge in [0.1, 0.15) is 5.82 Å². The molecule has 1 fully saturated rings. The van der Waals surface area contributed by atoms with E-state index in [1.807, 2.05) is 13.8 Å². The number of pyridine rings is 1. The summed E-state index contributed by atoms with van der Waals surface area (Å²) >= 11 is 0. The first-order valence-corrected chi connectivity index (χ1v) is 14.9. The highest BCUT2D eigenvalue weighted by Gasteiger charge is 2.42. The Morgan fingerprint density at radius 2 is 1.54 bits per heavy atom. The fourth-order valence-corrected chi connectivity index (χ4v) is 5.47. The first-order chi connectivity index (χ1) is 22.1. The van der Waals surface area contributed by atoms with Crippen molar-refractivity contribution in [3.8, 4) is 11.1 Å². The summed E-state index contributed by atoms with van der Waals surface area (Å²) < 4.78 is 101. The highest BCUT2D eigenvalue weighted by atomic mass is 19.4. The zero-order valence-electron chi connectivity index (χ0n) is 27.0. The van der Waals surface area contributed by atoms with Crippen LogP contribution < -0.4 is 4.90 Å². The van der Waals surface area contributed by atoms with Gasteiger partial charge < -0.3 is 9.64 Å². The van der Waals surface area contributed by atoms with Crippen LogP contribution in [0.5, 0.6) is 0 Å². The third-order valence-corrected chi connectivity index (χ3v) is 8.20. The lowest BCUT2D eigenvalue weighted by Crippen LogP contribution is -2.42. The molecule has 3 amide bonds. The maximum absolute atomic E-state index is 14.1. The fourth-order valence-electron chi connectivity index (χ4n) is 5.47. The summed E-state index contributed by atoms with van der Waals surface area (Å²) in [4.78, 5) is 45.8. The van der Waals surface area contributed by atoms with E-state index in [2.05, 4.69) is 4.98 Å². The second-order valence-corrected chi connectivity index (χ2v) is 12.7. The predicted octanol–water partition coefficient (Wildman–Crippen LogP) is 8.28. The Kier molecular flexibility index (Phi) is 9.99. The molecule has 0 spiro atoms. The molecule has 2 heterocycles. The van der Waals surface area contributed by atoms with Crippen molar-refractivity contribution < 1.29 is 49.9 Å². The third-order valence-electron chi connectivity index (χ3n) is 8.20. The average Bonchev–Trinajstić information content (AvgIpc) is 3.39. The second-order valence-electron chi connectivity index (χ2n) is 12.7. The molecule has 3 aromatic rings. The normalized spacial score (nSPS) is 15.7. The Balaban J connectivity index is 1.77. The van der Waals surface area contributed by atoms with Gasteiger partial charge in [0.05, 0.1) is 35.0 Å². The number of rotatable bonds is 7. The van der Waals surface area contributed by atoms with Gasteiger partial charge in [-0.15, -0.1) is 0 Å². The number of carbonyl (C=O) groups excluding carboxylic acids is 3. The summed E-state index contributed by atoms with van der Waals surface area (Å²) in [5, 5.41) is 0. The van der Waals surface area contributed by atoms with Gasteiger partial charge in [-0.1, -0.05) is 19.9 Å². The Morgan fingerprint density at radius 1 is 0.958 bits per heavy atom. The zero-order valence-corrected chi connectivity index (χ0v) is 27.0. The molecule has 0 N–H and O–H groups in total. The third kappa shape index (κ3) is 7.63. The second kappa shape index (κ2) is 13.2. The summed E-state index contributed by atoms with van der Waals surface area (Å²) in [5.74, 6) is -2.41. The number of hydrogen-bond acceptors (Lipinski definition) is 5. The molecule has 1 saturated heterocycles. The Hall–Kier alpha value is -4.49. The minimum Gasteiger partial charge on any atom is -0.449 e. The van der Waals surface area contributed by atoms with E-state index in [1.54, 1.807) is 13.0 Å². The Morgan fingerprint density at radius 3 is 2.08 bits per heavy atom. The Labute approximate surface area is 272 Å². The van der Waals surface area contributed by atoms with Crippen LogP contribution in [0, 0.1) is 18.7 Å². The molecule has 0 radical (unpaired) electrons. The number of amides is 3. The number of halogens is 7. The van der Waals surface area contributed by atoms with Gasteiger partial charge in [-0.25, -0.2) is 14.1 Å². The molecule has 48 heavy (non-hydrogen) atoms. The van der Waals surface area contributed by atoms with Crippen molar-refractivity contribution in [3.63, 3.8) is 0 Å². The van der Waals surface area contributed by atoms with Gasteiger partial charge >= 0.3 is 18.4 Å². The van der Waals surface area contributed by atoms with Gasteiger partial charge in [-0.05, 0) is 79.8 Å². The van der Waals surface area contributed by atoms with Crippen molar-refractivity contribution in [2.24, 2.45) is 5.92 Å². The first kappa shape index (κ1) is 36.3. The van der Waals surface area contributed by atoms with Crippen molar-refractivity contribution in [3.05, 3.63) is 82.4 Å². The number of nitrogens with zero attached hydrogens (tertiary/aromatic N) is 3. The molecular formula is C34H34F7N3O4. The van der Waals surface area contributed by atoms with Crippen LogP contribution in [-0.4, -0.2) is 48.0 Å². The maximum atomic E-state index is 14.1. The number of hydrogen-bond donors (Lipinski definition) is 0. The smallest absolute Gasteiger partial charge is 0.416 e. The van der Waals surface area contributed by atoms with E-state index in [1.165, 1.54) is 45.3 Å². The fraction of sp³-hybridized carbons (Fsp3) is 0.412. The van der Waals surface area contributed by atoms with Crippen molar-refractivity contribution in [2.75, 3.05) is 25.1 Å². The van der Waals surface area contributed by atoms with Gasteiger partial charge in [-0.2, -0.15) is 26.3 Å². The summed E-state index contributed by atoms with van der Waals surface area (Å²) in [6.07, 6.45) is -9.81. The minimum atomic E-state index is -5.11. The number of aryl methyl sites for hydroxylation is 1. The molecule has 0 bridgehead atoms. The molecule has 1 unspecified atom stereocenters. The highest BCUT2D eigenvalue weighted by molar-refractivity contribution is 6.03. The van der Waals surface area contributed by atoms with Crippen LogP contribution in [0.15, 0.2) is 48.7 Å². The number of anilines is 1. The summed E-state index contributed by atoms with van der Waals surface area (Å²) in [7, 11) is 1.30. The standard InChI is InChI=1S/C34H34F7N3O4/c1-18(2)17-48-31(47)44-16-20(10-29(44)45)27-14-26(25-8-7-24(35)9-19(25)3)28(15-42-27)43(6)30(46)32(4,5)21-11-22(33(36,37)38)13-23(12-21)34(39,40)41/h7-9,11-15,18,20H,10,16-17H2,1-6H3. The zero-order chi connectivity index (χ0) is 35.9. The lowest BCUT2D eigenvalue weighted by atomic mass is 9.81. The van der Waals surface area contributed by atoms with Crippen LogP contribution in [0.2, 0.25) is 0 Å². The SMILES string of the molecule is Cc1cc(F)ccc1-c1cc(C2CC(=O)N(C(=O)OCC(C)C)C2)ncc1N(C)C(=O)C(C)(C)c1cc(C(F)(F)F)cc(C(F)(F)F)c1. The van der Waals surface area contributed by atoms with E-state index < -0.39 is 64.1 Å². The Bertz CT molecular complexity index is 1700. The molecule has 7 nitrogen and oxygen atoms in total. The molecule has 258 valence electrons.